The van der Waals surface area contributed by atoms with Crippen molar-refractivity contribution in [3.05, 3.63) is 50.6 Å². The molecule has 1 aliphatic heterocycles. The van der Waals surface area contributed by atoms with Crippen LogP contribution in [0, 0.1) is 0 Å². The lowest BCUT2D eigenvalue weighted by Gasteiger charge is -2.35. The summed E-state index contributed by atoms with van der Waals surface area (Å²) in [5, 5.41) is 5.59. The minimum atomic E-state index is 0.265. The molecule has 0 amide bonds. The third-order valence-corrected chi connectivity index (χ3v) is 5.31. The van der Waals surface area contributed by atoms with Gasteiger partial charge < -0.3 is 10.1 Å². The Morgan fingerprint density at radius 1 is 1.32 bits per heavy atom. The molecule has 1 aliphatic rings. The Balaban J connectivity index is 2.03. The Hall–Kier alpha value is -0.880. The zero-order valence-corrected chi connectivity index (χ0v) is 15.1. The predicted molar refractivity (Wildman–Crippen MR) is 95.9 cm³/mol. The normalized spacial score (nSPS) is 17.4. The molecule has 0 saturated carbocycles. The summed E-state index contributed by atoms with van der Waals surface area (Å²) in [5.74, 6) is 0.989. The third-order valence-electron chi connectivity index (χ3n) is 3.90. The van der Waals surface area contributed by atoms with E-state index in [-0.39, 0.29) is 6.04 Å². The second-order valence-electron chi connectivity index (χ2n) is 5.32. The number of nitrogens with one attached hydrogen (secondary N) is 1. The molecule has 22 heavy (non-hydrogen) atoms. The van der Waals surface area contributed by atoms with Crippen LogP contribution in [0.3, 0.4) is 0 Å². The first-order chi connectivity index (χ1) is 10.8. The van der Waals surface area contributed by atoms with Crippen LogP contribution in [-0.2, 0) is 0 Å². The molecule has 0 bridgehead atoms. The van der Waals surface area contributed by atoms with Gasteiger partial charge in [0.25, 0.3) is 0 Å². The summed E-state index contributed by atoms with van der Waals surface area (Å²) in [5.41, 5.74) is 1.25. The highest BCUT2D eigenvalue weighted by Crippen LogP contribution is 2.38. The molecule has 3 nitrogen and oxygen atoms in total. The van der Waals surface area contributed by atoms with Crippen LogP contribution in [0.1, 0.15) is 23.4 Å². The molecule has 1 fully saturated rings. The van der Waals surface area contributed by atoms with E-state index in [9.17, 15) is 0 Å². The maximum Gasteiger partial charge on any atom is 0.124 e. The zero-order chi connectivity index (χ0) is 15.4. The molecule has 2 heterocycles. The van der Waals surface area contributed by atoms with E-state index in [1.165, 1.54) is 10.4 Å². The van der Waals surface area contributed by atoms with E-state index >= 15 is 0 Å². The van der Waals surface area contributed by atoms with Crippen molar-refractivity contribution in [3.8, 4) is 5.75 Å². The average molecular weight is 381 g/mol. The lowest BCUT2D eigenvalue weighted by molar-refractivity contribution is 0.196. The monoisotopic (exact) mass is 380 g/mol. The fourth-order valence-corrected chi connectivity index (χ4v) is 4.19. The maximum atomic E-state index is 5.90. The van der Waals surface area contributed by atoms with Crippen molar-refractivity contribution >= 4 is 27.3 Å². The van der Waals surface area contributed by atoms with Gasteiger partial charge in [-0.25, -0.2) is 0 Å². The molecule has 1 N–H and O–H groups in total. The van der Waals surface area contributed by atoms with E-state index in [1.807, 2.05) is 18.3 Å². The van der Waals surface area contributed by atoms with Crippen LogP contribution in [-0.4, -0.2) is 37.7 Å². The first kappa shape index (κ1) is 16.0. The molecular weight excluding hydrogens is 360 g/mol. The van der Waals surface area contributed by atoms with Crippen LogP contribution >= 0.6 is 27.3 Å². The quantitative estimate of drug-likeness (QED) is 0.850. The molecule has 0 aliphatic carbocycles. The summed E-state index contributed by atoms with van der Waals surface area (Å²) in [6.07, 6.45) is 0. The van der Waals surface area contributed by atoms with Crippen LogP contribution in [0.15, 0.2) is 40.2 Å². The standard InChI is InChI=1S/C17H21BrN2OS/c1-2-21-15-6-5-13(18)12-14(15)17(16-4-3-11-22-16)20-9-7-19-8-10-20/h3-6,11-12,17,19H,2,7-10H2,1H3. The predicted octanol–water partition coefficient (Wildman–Crippen LogP) is 3.90. The second-order valence-corrected chi connectivity index (χ2v) is 7.21. The first-order valence-corrected chi connectivity index (χ1v) is 9.37. The lowest BCUT2D eigenvalue weighted by Crippen LogP contribution is -2.45. The fraction of sp³-hybridized carbons (Fsp3) is 0.412. The number of nitrogens with zero attached hydrogens (tertiary/aromatic N) is 1. The summed E-state index contributed by atoms with van der Waals surface area (Å²) < 4.78 is 7.00. The number of rotatable bonds is 5. The van der Waals surface area contributed by atoms with E-state index in [0.29, 0.717) is 6.61 Å². The van der Waals surface area contributed by atoms with Gasteiger partial charge in [0.05, 0.1) is 12.6 Å². The van der Waals surface area contributed by atoms with E-state index in [1.54, 1.807) is 0 Å². The van der Waals surface area contributed by atoms with Gasteiger partial charge >= 0.3 is 0 Å². The van der Waals surface area contributed by atoms with E-state index in [4.69, 9.17) is 4.74 Å². The summed E-state index contributed by atoms with van der Waals surface area (Å²) in [7, 11) is 0. The van der Waals surface area contributed by atoms with Crippen LogP contribution in [0.2, 0.25) is 0 Å². The Morgan fingerprint density at radius 2 is 2.14 bits per heavy atom. The first-order valence-electron chi connectivity index (χ1n) is 7.70. The van der Waals surface area contributed by atoms with Crippen LogP contribution < -0.4 is 10.1 Å². The van der Waals surface area contributed by atoms with E-state index in [2.05, 4.69) is 61.9 Å². The van der Waals surface area contributed by atoms with Gasteiger partial charge in [0, 0.05) is 41.1 Å². The molecule has 3 rings (SSSR count). The Morgan fingerprint density at radius 3 is 2.82 bits per heavy atom. The van der Waals surface area contributed by atoms with Gasteiger partial charge in [-0.15, -0.1) is 11.3 Å². The zero-order valence-electron chi connectivity index (χ0n) is 12.7. The SMILES string of the molecule is CCOc1ccc(Br)cc1C(c1cccs1)N1CCNCC1. The molecule has 1 unspecified atom stereocenters. The molecule has 1 atom stereocenters. The molecule has 118 valence electrons. The third kappa shape index (κ3) is 3.54. The lowest BCUT2D eigenvalue weighted by atomic mass is 10.0. The van der Waals surface area contributed by atoms with Crippen molar-refractivity contribution in [2.75, 3.05) is 32.8 Å². The number of hydrogen-bond donors (Lipinski definition) is 1. The molecule has 1 saturated heterocycles. The van der Waals surface area contributed by atoms with Crippen molar-refractivity contribution in [2.24, 2.45) is 0 Å². The summed E-state index contributed by atoms with van der Waals surface area (Å²) >= 11 is 5.44. The molecule has 1 aromatic heterocycles. The van der Waals surface area contributed by atoms with Crippen LogP contribution in [0.4, 0.5) is 0 Å². The smallest absolute Gasteiger partial charge is 0.124 e. The highest BCUT2D eigenvalue weighted by atomic mass is 79.9. The molecule has 5 heteroatoms. The van der Waals surface area contributed by atoms with Crippen molar-refractivity contribution in [2.45, 2.75) is 13.0 Å². The van der Waals surface area contributed by atoms with Crippen molar-refractivity contribution < 1.29 is 4.74 Å². The van der Waals surface area contributed by atoms with Gasteiger partial charge in [-0.3, -0.25) is 4.90 Å². The summed E-state index contributed by atoms with van der Waals surface area (Å²) in [4.78, 5) is 3.92. The Bertz CT molecular complexity index is 597. The highest BCUT2D eigenvalue weighted by Gasteiger charge is 2.27. The van der Waals surface area contributed by atoms with Crippen molar-refractivity contribution in [1.82, 2.24) is 10.2 Å². The number of hydrogen-bond acceptors (Lipinski definition) is 4. The molecular formula is C17H21BrN2OS. The molecule has 1 aromatic carbocycles. The Labute approximate surface area is 144 Å². The van der Waals surface area contributed by atoms with Gasteiger partial charge in [0.2, 0.25) is 0 Å². The molecule has 2 aromatic rings. The average Bonchev–Trinajstić information content (AvgIpc) is 3.05. The topological polar surface area (TPSA) is 24.5 Å². The largest absolute Gasteiger partial charge is 0.494 e. The fourth-order valence-electron chi connectivity index (χ4n) is 2.94. The van der Waals surface area contributed by atoms with E-state index < -0.39 is 0 Å². The highest BCUT2D eigenvalue weighted by molar-refractivity contribution is 9.10. The number of benzene rings is 1. The van der Waals surface area contributed by atoms with Gasteiger partial charge in [-0.05, 0) is 36.6 Å². The summed E-state index contributed by atoms with van der Waals surface area (Å²) in [6.45, 7) is 6.92. The van der Waals surface area contributed by atoms with Crippen LogP contribution in [0.5, 0.6) is 5.75 Å². The maximum absolute atomic E-state index is 5.90. The van der Waals surface area contributed by atoms with Gasteiger partial charge in [-0.1, -0.05) is 22.0 Å². The Kier molecular flexibility index (Phi) is 5.52. The van der Waals surface area contributed by atoms with Gasteiger partial charge in [0.15, 0.2) is 0 Å². The van der Waals surface area contributed by atoms with Crippen molar-refractivity contribution in [1.29, 1.82) is 0 Å². The van der Waals surface area contributed by atoms with Crippen molar-refractivity contribution in [3.63, 3.8) is 0 Å². The van der Waals surface area contributed by atoms with E-state index in [0.717, 1.165) is 36.4 Å². The number of thiophene rings is 1. The van der Waals surface area contributed by atoms with Gasteiger partial charge in [-0.2, -0.15) is 0 Å². The molecule has 0 radical (unpaired) electrons. The minimum absolute atomic E-state index is 0.265. The number of ether oxygens (including phenoxy) is 1. The van der Waals surface area contributed by atoms with Crippen LogP contribution in [0.25, 0.3) is 0 Å². The van der Waals surface area contributed by atoms with Gasteiger partial charge in [0.1, 0.15) is 5.75 Å². The number of halogens is 1. The molecule has 0 spiro atoms. The summed E-state index contributed by atoms with van der Waals surface area (Å²) in [6, 6.07) is 11.0. The second kappa shape index (κ2) is 7.59. The minimum Gasteiger partial charge on any atom is -0.494 e. The number of piperazine rings is 1.